The second kappa shape index (κ2) is 5.58. The number of carbonyl (C=O) groups is 2. The summed E-state index contributed by atoms with van der Waals surface area (Å²) in [6.07, 6.45) is 0. The number of anilines is 1. The Balaban J connectivity index is 2.23. The number of carbonyl (C=O) groups excluding carboxylic acids is 1. The minimum absolute atomic E-state index is 0.0752. The molecule has 0 spiro atoms. The maximum Gasteiger partial charge on any atom is 0.339 e. The summed E-state index contributed by atoms with van der Waals surface area (Å²) in [7, 11) is 0. The van der Waals surface area contributed by atoms with Gasteiger partial charge in [-0.2, -0.15) is 0 Å². The Morgan fingerprint density at radius 2 is 1.67 bits per heavy atom. The zero-order valence-electron chi connectivity index (χ0n) is 10.4. The predicted octanol–water partition coefficient (Wildman–Crippen LogP) is 2.62. The summed E-state index contributed by atoms with van der Waals surface area (Å²) in [5, 5.41) is 20.5. The van der Waals surface area contributed by atoms with Gasteiger partial charge in [0.1, 0.15) is 22.9 Å². The van der Waals surface area contributed by atoms with Crippen molar-refractivity contribution in [3.05, 3.63) is 59.2 Å². The van der Waals surface area contributed by atoms with Crippen LogP contribution in [0.1, 0.15) is 20.7 Å². The molecule has 21 heavy (non-hydrogen) atoms. The average molecular weight is 293 g/mol. The molecule has 5 nitrogen and oxygen atoms in total. The van der Waals surface area contributed by atoms with E-state index in [0.29, 0.717) is 6.07 Å². The van der Waals surface area contributed by atoms with Crippen LogP contribution < -0.4 is 5.32 Å². The van der Waals surface area contributed by atoms with E-state index in [1.165, 1.54) is 6.07 Å². The van der Waals surface area contributed by atoms with Crippen molar-refractivity contribution in [1.82, 2.24) is 0 Å². The fraction of sp³-hybridized carbons (Fsp3) is 0. The van der Waals surface area contributed by atoms with Gasteiger partial charge in [0.2, 0.25) is 0 Å². The molecule has 0 saturated carbocycles. The molecule has 108 valence electrons. The number of aromatic hydroxyl groups is 1. The first-order chi connectivity index (χ1) is 9.88. The smallest absolute Gasteiger partial charge is 0.339 e. The number of amides is 1. The van der Waals surface area contributed by atoms with E-state index in [4.69, 9.17) is 5.11 Å². The number of hydrogen-bond acceptors (Lipinski definition) is 3. The van der Waals surface area contributed by atoms with Crippen molar-refractivity contribution in [2.45, 2.75) is 0 Å². The molecule has 2 aromatic carbocycles. The van der Waals surface area contributed by atoms with E-state index < -0.39 is 29.3 Å². The Hall–Kier alpha value is -2.96. The molecule has 0 radical (unpaired) electrons. The third-order valence-electron chi connectivity index (χ3n) is 2.66. The van der Waals surface area contributed by atoms with Crippen molar-refractivity contribution in [3.63, 3.8) is 0 Å². The number of carboxylic acid groups (broad SMARTS) is 1. The summed E-state index contributed by atoms with van der Waals surface area (Å²) in [6, 6.07) is 5.83. The Kier molecular flexibility index (Phi) is 3.84. The molecule has 0 aliphatic heterocycles. The number of phenols is 1. The van der Waals surface area contributed by atoms with Gasteiger partial charge in [-0.25, -0.2) is 13.6 Å². The zero-order chi connectivity index (χ0) is 15.6. The fourth-order valence-corrected chi connectivity index (χ4v) is 1.66. The molecule has 0 heterocycles. The minimum Gasteiger partial charge on any atom is -0.507 e. The average Bonchev–Trinajstić information content (AvgIpc) is 2.37. The lowest BCUT2D eigenvalue weighted by Crippen LogP contribution is -2.14. The van der Waals surface area contributed by atoms with Gasteiger partial charge in [-0.15, -0.1) is 0 Å². The monoisotopic (exact) mass is 293 g/mol. The SMILES string of the molecule is O=C(O)c1ccc(NC(=O)c2ccc(F)cc2F)cc1O. The second-order valence-corrected chi connectivity index (χ2v) is 4.12. The molecule has 2 aromatic rings. The van der Waals surface area contributed by atoms with Crippen LogP contribution in [0.5, 0.6) is 5.75 Å². The molecule has 0 aliphatic carbocycles. The van der Waals surface area contributed by atoms with Crippen LogP contribution in [0.25, 0.3) is 0 Å². The first-order valence-corrected chi connectivity index (χ1v) is 5.71. The number of nitrogens with one attached hydrogen (secondary N) is 1. The maximum atomic E-state index is 13.4. The molecular weight excluding hydrogens is 284 g/mol. The first-order valence-electron chi connectivity index (χ1n) is 5.71. The van der Waals surface area contributed by atoms with Gasteiger partial charge < -0.3 is 15.5 Å². The highest BCUT2D eigenvalue weighted by Gasteiger charge is 2.14. The minimum atomic E-state index is -1.32. The van der Waals surface area contributed by atoms with Gasteiger partial charge >= 0.3 is 5.97 Å². The largest absolute Gasteiger partial charge is 0.507 e. The highest BCUT2D eigenvalue weighted by molar-refractivity contribution is 6.04. The molecular formula is C14H9F2NO4. The number of aromatic carboxylic acids is 1. The maximum absolute atomic E-state index is 13.4. The normalized spacial score (nSPS) is 10.2. The summed E-state index contributed by atoms with van der Waals surface area (Å²) in [5.41, 5.74) is -0.634. The van der Waals surface area contributed by atoms with Crippen molar-refractivity contribution in [2.75, 3.05) is 5.32 Å². The Morgan fingerprint density at radius 1 is 1.00 bits per heavy atom. The Morgan fingerprint density at radius 3 is 2.24 bits per heavy atom. The van der Waals surface area contributed by atoms with Crippen LogP contribution in [-0.2, 0) is 0 Å². The van der Waals surface area contributed by atoms with E-state index >= 15 is 0 Å². The molecule has 0 fully saturated rings. The lowest BCUT2D eigenvalue weighted by atomic mass is 10.1. The Labute approximate surface area is 117 Å². The number of carboxylic acids is 1. The van der Waals surface area contributed by atoms with Gasteiger partial charge in [0.05, 0.1) is 5.56 Å². The number of halogens is 2. The topological polar surface area (TPSA) is 86.6 Å². The van der Waals surface area contributed by atoms with E-state index in [-0.39, 0.29) is 16.8 Å². The van der Waals surface area contributed by atoms with Crippen LogP contribution in [-0.4, -0.2) is 22.1 Å². The molecule has 7 heteroatoms. The zero-order valence-corrected chi connectivity index (χ0v) is 10.4. The van der Waals surface area contributed by atoms with E-state index in [1.807, 2.05) is 0 Å². The van der Waals surface area contributed by atoms with Crippen molar-refractivity contribution in [1.29, 1.82) is 0 Å². The predicted molar refractivity (Wildman–Crippen MR) is 69.4 cm³/mol. The van der Waals surface area contributed by atoms with Crippen LogP contribution >= 0.6 is 0 Å². The molecule has 0 bridgehead atoms. The fourth-order valence-electron chi connectivity index (χ4n) is 1.66. The highest BCUT2D eigenvalue weighted by atomic mass is 19.1. The van der Waals surface area contributed by atoms with Crippen LogP contribution in [0.3, 0.4) is 0 Å². The molecule has 1 amide bonds. The van der Waals surface area contributed by atoms with E-state index in [0.717, 1.165) is 24.3 Å². The summed E-state index contributed by atoms with van der Waals surface area (Å²) in [5.74, 6) is -4.56. The molecule has 0 aromatic heterocycles. The van der Waals surface area contributed by atoms with Gasteiger partial charge in [-0.1, -0.05) is 0 Å². The van der Waals surface area contributed by atoms with Crippen molar-refractivity contribution >= 4 is 17.6 Å². The van der Waals surface area contributed by atoms with Crippen LogP contribution in [0.2, 0.25) is 0 Å². The summed E-state index contributed by atoms with van der Waals surface area (Å²) < 4.78 is 26.2. The van der Waals surface area contributed by atoms with E-state index in [9.17, 15) is 23.5 Å². The quantitative estimate of drug-likeness (QED) is 0.812. The summed E-state index contributed by atoms with van der Waals surface area (Å²) in [6.45, 7) is 0. The van der Waals surface area contributed by atoms with Gasteiger partial charge in [-0.3, -0.25) is 4.79 Å². The van der Waals surface area contributed by atoms with Crippen molar-refractivity contribution in [2.24, 2.45) is 0 Å². The van der Waals surface area contributed by atoms with Gasteiger partial charge in [0.15, 0.2) is 0 Å². The van der Waals surface area contributed by atoms with Crippen molar-refractivity contribution < 1.29 is 28.6 Å². The molecule has 0 saturated heterocycles. The molecule has 3 N–H and O–H groups in total. The third-order valence-corrected chi connectivity index (χ3v) is 2.66. The molecule has 0 unspecified atom stereocenters. The van der Waals surface area contributed by atoms with Crippen LogP contribution in [0.4, 0.5) is 14.5 Å². The number of rotatable bonds is 3. The number of hydrogen-bond donors (Lipinski definition) is 3. The second-order valence-electron chi connectivity index (χ2n) is 4.12. The van der Waals surface area contributed by atoms with Crippen LogP contribution in [0.15, 0.2) is 36.4 Å². The standard InChI is InChI=1S/C14H9F2NO4/c15-7-1-3-9(11(16)5-7)13(19)17-8-2-4-10(14(20)21)12(18)6-8/h1-6,18H,(H,17,19)(H,20,21). The molecule has 0 aliphatic rings. The lowest BCUT2D eigenvalue weighted by Gasteiger charge is -2.07. The lowest BCUT2D eigenvalue weighted by molar-refractivity contribution is 0.0693. The van der Waals surface area contributed by atoms with Gasteiger partial charge in [-0.05, 0) is 24.3 Å². The van der Waals surface area contributed by atoms with Crippen LogP contribution in [0, 0.1) is 11.6 Å². The van der Waals surface area contributed by atoms with Crippen molar-refractivity contribution in [3.8, 4) is 5.75 Å². The number of benzene rings is 2. The van der Waals surface area contributed by atoms with Gasteiger partial charge in [0, 0.05) is 17.8 Å². The molecule has 2 rings (SSSR count). The van der Waals surface area contributed by atoms with Gasteiger partial charge in [0.25, 0.3) is 5.91 Å². The molecule has 0 atom stereocenters. The summed E-state index contributed by atoms with van der Waals surface area (Å²) >= 11 is 0. The first kappa shape index (κ1) is 14.4. The van der Waals surface area contributed by atoms with E-state index in [1.54, 1.807) is 0 Å². The third kappa shape index (κ3) is 3.14. The van der Waals surface area contributed by atoms with E-state index in [2.05, 4.69) is 5.32 Å². The Bertz CT molecular complexity index is 731. The highest BCUT2D eigenvalue weighted by Crippen LogP contribution is 2.22. The summed E-state index contributed by atoms with van der Waals surface area (Å²) in [4.78, 5) is 22.5.